The van der Waals surface area contributed by atoms with Gasteiger partial charge in [0.2, 0.25) is 0 Å². The summed E-state index contributed by atoms with van der Waals surface area (Å²) in [6, 6.07) is 25.6. The van der Waals surface area contributed by atoms with E-state index in [0.29, 0.717) is 12.4 Å². The minimum Gasteiger partial charge on any atom is -0.481 e. The molecule has 0 radical (unpaired) electrons. The Balaban J connectivity index is 1.70. The molecule has 0 aliphatic rings. The number of hydrogen-bond acceptors (Lipinski definition) is 4. The summed E-state index contributed by atoms with van der Waals surface area (Å²) in [7, 11) is 0. The smallest absolute Gasteiger partial charge is 0.310 e. The molecule has 1 aromatic heterocycles. The minimum atomic E-state index is -0.835. The Bertz CT molecular complexity index is 1120. The highest BCUT2D eigenvalue weighted by Gasteiger charge is 2.16. The van der Waals surface area contributed by atoms with Gasteiger partial charge in [-0.25, -0.2) is 4.68 Å². The molecular formula is C23H20N4O2. The van der Waals surface area contributed by atoms with Crippen LogP contribution < -0.4 is 0 Å². The summed E-state index contributed by atoms with van der Waals surface area (Å²) in [4.78, 5) is 11.2. The summed E-state index contributed by atoms with van der Waals surface area (Å²) in [5.74, 6) is -0.692. The van der Waals surface area contributed by atoms with Crippen molar-refractivity contribution in [2.75, 3.05) is 0 Å². The van der Waals surface area contributed by atoms with Gasteiger partial charge in [0.1, 0.15) is 0 Å². The second-order valence-corrected chi connectivity index (χ2v) is 6.87. The number of carboxylic acids is 1. The zero-order chi connectivity index (χ0) is 20.2. The average Bonchev–Trinajstić information content (AvgIpc) is 3.22. The maximum absolute atomic E-state index is 11.2. The van der Waals surface area contributed by atoms with Crippen molar-refractivity contribution >= 4 is 5.97 Å². The zero-order valence-electron chi connectivity index (χ0n) is 15.9. The van der Waals surface area contributed by atoms with Crippen molar-refractivity contribution in [3.63, 3.8) is 0 Å². The van der Waals surface area contributed by atoms with Crippen LogP contribution in [0.5, 0.6) is 0 Å². The lowest BCUT2D eigenvalue weighted by Gasteiger charge is -2.12. The largest absolute Gasteiger partial charge is 0.481 e. The molecule has 1 unspecified atom stereocenters. The molecule has 0 bridgehead atoms. The predicted octanol–water partition coefficient (Wildman–Crippen LogP) is 4.24. The van der Waals surface area contributed by atoms with E-state index in [0.717, 1.165) is 27.8 Å². The molecule has 1 heterocycles. The SMILES string of the molecule is CC(C(=O)O)c1ccc(-c2ccccc2-c2nnnn2Cc2ccccc2)cc1. The minimum absolute atomic E-state index is 0.544. The number of hydrogen-bond donors (Lipinski definition) is 1. The summed E-state index contributed by atoms with van der Waals surface area (Å²) in [5, 5.41) is 21.5. The van der Waals surface area contributed by atoms with Crippen molar-refractivity contribution in [3.05, 3.63) is 90.0 Å². The maximum Gasteiger partial charge on any atom is 0.310 e. The van der Waals surface area contributed by atoms with E-state index in [1.165, 1.54) is 0 Å². The highest BCUT2D eigenvalue weighted by atomic mass is 16.4. The Morgan fingerprint density at radius 3 is 2.28 bits per heavy atom. The Kier molecular flexibility index (Phi) is 5.16. The van der Waals surface area contributed by atoms with Crippen LogP contribution >= 0.6 is 0 Å². The van der Waals surface area contributed by atoms with Gasteiger partial charge in [-0.2, -0.15) is 0 Å². The fourth-order valence-corrected chi connectivity index (χ4v) is 3.28. The number of benzene rings is 3. The first-order valence-corrected chi connectivity index (χ1v) is 9.36. The van der Waals surface area contributed by atoms with Crippen LogP contribution in [-0.2, 0) is 11.3 Å². The van der Waals surface area contributed by atoms with E-state index in [2.05, 4.69) is 15.5 Å². The summed E-state index contributed by atoms with van der Waals surface area (Å²) in [6.45, 7) is 2.26. The van der Waals surface area contributed by atoms with E-state index in [4.69, 9.17) is 0 Å². The van der Waals surface area contributed by atoms with Gasteiger partial charge in [-0.1, -0.05) is 78.9 Å². The van der Waals surface area contributed by atoms with E-state index in [1.807, 2.05) is 78.9 Å². The van der Waals surface area contributed by atoms with Crippen LogP contribution in [0.15, 0.2) is 78.9 Å². The van der Waals surface area contributed by atoms with E-state index in [-0.39, 0.29) is 0 Å². The molecule has 4 aromatic rings. The fraction of sp³-hybridized carbons (Fsp3) is 0.130. The second kappa shape index (κ2) is 8.06. The van der Waals surface area contributed by atoms with Gasteiger partial charge in [-0.05, 0) is 39.6 Å². The van der Waals surface area contributed by atoms with Gasteiger partial charge in [-0.15, -0.1) is 5.10 Å². The number of tetrazole rings is 1. The summed E-state index contributed by atoms with van der Waals surface area (Å²) < 4.78 is 1.79. The van der Waals surface area contributed by atoms with E-state index < -0.39 is 11.9 Å². The molecule has 0 aliphatic heterocycles. The van der Waals surface area contributed by atoms with Crippen LogP contribution in [0, 0.1) is 0 Å². The van der Waals surface area contributed by atoms with Crippen LogP contribution in [0.4, 0.5) is 0 Å². The van der Waals surface area contributed by atoms with Crippen molar-refractivity contribution in [2.45, 2.75) is 19.4 Å². The van der Waals surface area contributed by atoms with Gasteiger partial charge >= 0.3 is 5.97 Å². The van der Waals surface area contributed by atoms with Crippen molar-refractivity contribution < 1.29 is 9.90 Å². The molecule has 144 valence electrons. The van der Waals surface area contributed by atoms with Crippen molar-refractivity contribution in [1.29, 1.82) is 0 Å². The average molecular weight is 384 g/mol. The third-order valence-corrected chi connectivity index (χ3v) is 4.97. The standard InChI is InChI=1S/C23H20N4O2/c1-16(23(28)29)18-11-13-19(14-12-18)20-9-5-6-10-21(20)22-24-25-26-27(22)15-17-7-3-2-4-8-17/h2-14,16H,15H2,1H3,(H,28,29). The molecule has 4 rings (SSSR count). The van der Waals surface area contributed by atoms with Crippen molar-refractivity contribution in [1.82, 2.24) is 20.2 Å². The van der Waals surface area contributed by atoms with E-state index >= 15 is 0 Å². The Morgan fingerprint density at radius 2 is 1.59 bits per heavy atom. The molecule has 0 aliphatic carbocycles. The van der Waals surface area contributed by atoms with Gasteiger partial charge in [-0.3, -0.25) is 4.79 Å². The highest BCUT2D eigenvalue weighted by Crippen LogP contribution is 2.31. The first kappa shape index (κ1) is 18.6. The van der Waals surface area contributed by atoms with Crippen LogP contribution in [0.3, 0.4) is 0 Å². The first-order valence-electron chi connectivity index (χ1n) is 9.36. The Morgan fingerprint density at radius 1 is 0.931 bits per heavy atom. The third-order valence-electron chi connectivity index (χ3n) is 4.97. The van der Waals surface area contributed by atoms with Gasteiger partial charge in [0.25, 0.3) is 0 Å². The predicted molar refractivity (Wildman–Crippen MR) is 110 cm³/mol. The molecule has 0 saturated carbocycles. The highest BCUT2D eigenvalue weighted by molar-refractivity contribution is 5.81. The lowest BCUT2D eigenvalue weighted by atomic mass is 9.95. The molecule has 1 N–H and O–H groups in total. The second-order valence-electron chi connectivity index (χ2n) is 6.87. The lowest BCUT2D eigenvalue weighted by molar-refractivity contribution is -0.138. The number of carboxylic acid groups (broad SMARTS) is 1. The molecule has 0 saturated heterocycles. The Labute approximate surface area is 168 Å². The summed E-state index contributed by atoms with van der Waals surface area (Å²) >= 11 is 0. The van der Waals surface area contributed by atoms with E-state index in [1.54, 1.807) is 11.6 Å². The Hall–Kier alpha value is -3.80. The first-order chi connectivity index (χ1) is 14.1. The number of aliphatic carboxylic acids is 1. The number of rotatable bonds is 6. The normalized spacial score (nSPS) is 11.9. The molecule has 3 aromatic carbocycles. The molecule has 29 heavy (non-hydrogen) atoms. The zero-order valence-corrected chi connectivity index (χ0v) is 15.9. The van der Waals surface area contributed by atoms with Crippen LogP contribution in [-0.4, -0.2) is 31.3 Å². The van der Waals surface area contributed by atoms with Crippen LogP contribution in [0.2, 0.25) is 0 Å². The molecule has 0 amide bonds. The fourth-order valence-electron chi connectivity index (χ4n) is 3.28. The van der Waals surface area contributed by atoms with Crippen molar-refractivity contribution in [2.24, 2.45) is 0 Å². The van der Waals surface area contributed by atoms with Gasteiger partial charge in [0, 0.05) is 5.56 Å². The summed E-state index contributed by atoms with van der Waals surface area (Å²) in [5.41, 5.74) is 4.79. The van der Waals surface area contributed by atoms with Crippen LogP contribution in [0.1, 0.15) is 24.0 Å². The quantitative estimate of drug-likeness (QED) is 0.538. The molecular weight excluding hydrogens is 364 g/mol. The lowest BCUT2D eigenvalue weighted by Crippen LogP contribution is -2.07. The maximum atomic E-state index is 11.2. The molecule has 6 nitrogen and oxygen atoms in total. The number of aromatic nitrogens is 4. The molecule has 0 fully saturated rings. The van der Waals surface area contributed by atoms with Crippen molar-refractivity contribution in [3.8, 4) is 22.5 Å². The topological polar surface area (TPSA) is 80.9 Å². The van der Waals surface area contributed by atoms with Gasteiger partial charge < -0.3 is 5.11 Å². The van der Waals surface area contributed by atoms with E-state index in [9.17, 15) is 9.90 Å². The molecule has 0 spiro atoms. The molecule has 6 heteroatoms. The number of nitrogens with zero attached hydrogens (tertiary/aromatic N) is 4. The van der Waals surface area contributed by atoms with Gasteiger partial charge in [0.15, 0.2) is 5.82 Å². The van der Waals surface area contributed by atoms with Gasteiger partial charge in [0.05, 0.1) is 12.5 Å². The number of carbonyl (C=O) groups is 1. The van der Waals surface area contributed by atoms with Crippen LogP contribution in [0.25, 0.3) is 22.5 Å². The third kappa shape index (κ3) is 3.91. The molecule has 1 atom stereocenters. The monoisotopic (exact) mass is 384 g/mol. The summed E-state index contributed by atoms with van der Waals surface area (Å²) in [6.07, 6.45) is 0.